The zero-order valence-corrected chi connectivity index (χ0v) is 18.7. The van der Waals surface area contributed by atoms with Crippen LogP contribution in [0.3, 0.4) is 0 Å². The lowest BCUT2D eigenvalue weighted by atomic mass is 9.48. The van der Waals surface area contributed by atoms with Gasteiger partial charge in [-0.25, -0.2) is 4.79 Å². The number of carboxylic acid groups (broad SMARTS) is 1. The third-order valence-corrected chi connectivity index (χ3v) is 8.86. The first-order chi connectivity index (χ1) is 13.5. The van der Waals surface area contributed by atoms with Crippen LogP contribution in [0.1, 0.15) is 79.6 Å². The Morgan fingerprint density at radius 3 is 2.48 bits per heavy atom. The molecule has 1 amide bonds. The van der Waals surface area contributed by atoms with Crippen molar-refractivity contribution in [1.29, 1.82) is 0 Å². The summed E-state index contributed by atoms with van der Waals surface area (Å²) in [5.74, 6) is 1.42. The van der Waals surface area contributed by atoms with E-state index < -0.39 is 5.97 Å². The Hall–Kier alpha value is -1.58. The summed E-state index contributed by atoms with van der Waals surface area (Å²) in [5, 5.41) is 12.7. The standard InChI is InChI=1S/C25H37NO3/c1-23(2,3)26-21(27)20-9-8-18-17-7-6-16-14-15(22(28)29)10-12-24(16,4)19(17)11-13-25(18,20)5/h6,14,17-20H,7-13H2,1-5H3,(H,26,27)(H,28,29)/t17-,18-,19-,20?,24-,25-/m0/s1. The van der Waals surface area contributed by atoms with Crippen molar-refractivity contribution in [2.24, 2.45) is 34.5 Å². The van der Waals surface area contributed by atoms with Crippen molar-refractivity contribution in [2.45, 2.75) is 85.1 Å². The normalized spacial score (nSPS) is 41.4. The molecule has 4 aliphatic carbocycles. The molecule has 160 valence electrons. The van der Waals surface area contributed by atoms with E-state index in [0.29, 0.717) is 29.7 Å². The molecule has 0 bridgehead atoms. The number of carbonyl (C=O) groups excluding carboxylic acids is 1. The number of rotatable bonds is 2. The maximum Gasteiger partial charge on any atom is 0.331 e. The number of hydrogen-bond donors (Lipinski definition) is 2. The highest BCUT2D eigenvalue weighted by molar-refractivity contribution is 5.87. The van der Waals surface area contributed by atoms with Crippen molar-refractivity contribution in [1.82, 2.24) is 5.32 Å². The third kappa shape index (κ3) is 3.27. The van der Waals surface area contributed by atoms with Gasteiger partial charge in [0, 0.05) is 17.0 Å². The van der Waals surface area contributed by atoms with Gasteiger partial charge in [0.2, 0.25) is 5.91 Å². The van der Waals surface area contributed by atoms with Crippen LogP contribution in [-0.2, 0) is 9.59 Å². The molecule has 0 aliphatic heterocycles. The lowest BCUT2D eigenvalue weighted by molar-refractivity contribution is -0.133. The highest BCUT2D eigenvalue weighted by Gasteiger charge is 2.59. The van der Waals surface area contributed by atoms with Gasteiger partial charge in [-0.05, 0) is 106 Å². The first-order valence-electron chi connectivity index (χ1n) is 11.4. The van der Waals surface area contributed by atoms with Crippen LogP contribution in [0, 0.1) is 34.5 Å². The van der Waals surface area contributed by atoms with Crippen molar-refractivity contribution in [3.8, 4) is 0 Å². The zero-order valence-electron chi connectivity index (χ0n) is 18.7. The topological polar surface area (TPSA) is 66.4 Å². The van der Waals surface area contributed by atoms with Gasteiger partial charge in [-0.15, -0.1) is 0 Å². The Morgan fingerprint density at radius 1 is 1.10 bits per heavy atom. The van der Waals surface area contributed by atoms with E-state index in [-0.39, 0.29) is 28.2 Å². The Kier molecular flexibility index (Phi) is 4.79. The fraction of sp³-hybridized carbons (Fsp3) is 0.760. The van der Waals surface area contributed by atoms with E-state index in [4.69, 9.17) is 0 Å². The molecular weight excluding hydrogens is 362 g/mol. The monoisotopic (exact) mass is 399 g/mol. The first kappa shape index (κ1) is 20.7. The van der Waals surface area contributed by atoms with Crippen LogP contribution in [0.25, 0.3) is 0 Å². The summed E-state index contributed by atoms with van der Waals surface area (Å²) in [4.78, 5) is 24.6. The number of carbonyl (C=O) groups is 2. The summed E-state index contributed by atoms with van der Waals surface area (Å²) in [6, 6.07) is 0. The van der Waals surface area contributed by atoms with E-state index in [9.17, 15) is 14.7 Å². The summed E-state index contributed by atoms with van der Waals surface area (Å²) < 4.78 is 0. The third-order valence-electron chi connectivity index (χ3n) is 8.86. The van der Waals surface area contributed by atoms with Crippen molar-refractivity contribution >= 4 is 11.9 Å². The van der Waals surface area contributed by atoms with Gasteiger partial charge in [-0.2, -0.15) is 0 Å². The molecule has 0 aromatic rings. The second-order valence-electron chi connectivity index (χ2n) is 11.6. The number of allylic oxidation sites excluding steroid dienone is 3. The molecule has 0 radical (unpaired) electrons. The minimum absolute atomic E-state index is 0.0922. The Morgan fingerprint density at radius 2 is 1.83 bits per heavy atom. The predicted molar refractivity (Wildman–Crippen MR) is 114 cm³/mol. The highest BCUT2D eigenvalue weighted by Crippen LogP contribution is 2.66. The van der Waals surface area contributed by atoms with Crippen molar-refractivity contribution < 1.29 is 14.7 Å². The average molecular weight is 400 g/mol. The number of hydrogen-bond acceptors (Lipinski definition) is 2. The van der Waals surface area contributed by atoms with Crippen molar-refractivity contribution in [3.63, 3.8) is 0 Å². The fourth-order valence-corrected chi connectivity index (χ4v) is 7.38. The molecule has 2 saturated carbocycles. The quantitative estimate of drug-likeness (QED) is 0.679. The van der Waals surface area contributed by atoms with Gasteiger partial charge in [0.25, 0.3) is 0 Å². The lowest BCUT2D eigenvalue weighted by Crippen LogP contribution is -2.52. The van der Waals surface area contributed by atoms with Gasteiger partial charge >= 0.3 is 5.97 Å². The smallest absolute Gasteiger partial charge is 0.331 e. The van der Waals surface area contributed by atoms with E-state index in [1.165, 1.54) is 5.57 Å². The number of carboxylic acids is 1. The number of fused-ring (bicyclic) bond motifs is 5. The summed E-state index contributed by atoms with van der Waals surface area (Å²) in [6.07, 6.45) is 11.4. The van der Waals surface area contributed by atoms with Crippen LogP contribution >= 0.6 is 0 Å². The van der Waals surface area contributed by atoms with Crippen LogP contribution < -0.4 is 5.32 Å². The van der Waals surface area contributed by atoms with Crippen molar-refractivity contribution in [3.05, 3.63) is 23.3 Å². The lowest BCUT2D eigenvalue weighted by Gasteiger charge is -2.57. The van der Waals surface area contributed by atoms with Crippen LogP contribution in [0.15, 0.2) is 23.3 Å². The molecule has 4 rings (SSSR count). The second-order valence-corrected chi connectivity index (χ2v) is 11.6. The van der Waals surface area contributed by atoms with Gasteiger partial charge in [0.15, 0.2) is 0 Å². The van der Waals surface area contributed by atoms with Gasteiger partial charge in [0.05, 0.1) is 0 Å². The van der Waals surface area contributed by atoms with Gasteiger partial charge < -0.3 is 10.4 Å². The van der Waals surface area contributed by atoms with Crippen LogP contribution in [0.4, 0.5) is 0 Å². The maximum absolute atomic E-state index is 13.1. The Balaban J connectivity index is 1.60. The minimum atomic E-state index is -0.769. The summed E-state index contributed by atoms with van der Waals surface area (Å²) in [7, 11) is 0. The predicted octanol–water partition coefficient (Wildman–Crippen LogP) is 5.10. The van der Waals surface area contributed by atoms with Gasteiger partial charge in [0.1, 0.15) is 0 Å². The van der Waals surface area contributed by atoms with Crippen LogP contribution in [0.2, 0.25) is 0 Å². The van der Waals surface area contributed by atoms with E-state index in [2.05, 4.69) is 46.0 Å². The van der Waals surface area contributed by atoms with Crippen LogP contribution in [-0.4, -0.2) is 22.5 Å². The minimum Gasteiger partial charge on any atom is -0.478 e. The molecule has 2 fully saturated rings. The van der Waals surface area contributed by atoms with Crippen molar-refractivity contribution in [2.75, 3.05) is 0 Å². The summed E-state index contributed by atoms with van der Waals surface area (Å²) in [5.41, 5.74) is 1.82. The van der Waals surface area contributed by atoms with Gasteiger partial charge in [-0.1, -0.05) is 19.9 Å². The number of amides is 1. The maximum atomic E-state index is 13.1. The Labute approximate surface area is 175 Å². The van der Waals surface area contributed by atoms with E-state index >= 15 is 0 Å². The van der Waals surface area contributed by atoms with Crippen LogP contribution in [0.5, 0.6) is 0 Å². The highest BCUT2D eigenvalue weighted by atomic mass is 16.4. The molecule has 2 N–H and O–H groups in total. The molecular formula is C25H37NO3. The molecule has 0 spiro atoms. The zero-order chi connectivity index (χ0) is 21.2. The second kappa shape index (κ2) is 6.72. The van der Waals surface area contributed by atoms with Gasteiger partial charge in [-0.3, -0.25) is 4.79 Å². The molecule has 4 aliphatic rings. The fourth-order valence-electron chi connectivity index (χ4n) is 7.38. The van der Waals surface area contributed by atoms with E-state index in [0.717, 1.165) is 38.5 Å². The summed E-state index contributed by atoms with van der Waals surface area (Å²) >= 11 is 0. The molecule has 0 saturated heterocycles. The largest absolute Gasteiger partial charge is 0.478 e. The average Bonchev–Trinajstić information content (AvgIpc) is 2.96. The molecule has 0 heterocycles. The molecule has 0 aromatic heterocycles. The number of aliphatic carboxylic acids is 1. The number of nitrogens with one attached hydrogen (secondary N) is 1. The molecule has 4 nitrogen and oxygen atoms in total. The Bertz CT molecular complexity index is 788. The molecule has 6 atom stereocenters. The SMILES string of the molecule is CC(C)(C)NC(=O)C1CC[C@H]2[C@@H]3CC=C4C=C(C(=O)O)CC[C@]4(C)[C@H]3CC[C@]12C. The van der Waals surface area contributed by atoms with E-state index in [1.54, 1.807) is 0 Å². The molecule has 1 unspecified atom stereocenters. The molecule has 0 aromatic carbocycles. The first-order valence-corrected chi connectivity index (χ1v) is 11.4. The van der Waals surface area contributed by atoms with E-state index in [1.807, 2.05) is 6.08 Å². The molecule has 4 heteroatoms. The summed E-state index contributed by atoms with van der Waals surface area (Å²) in [6.45, 7) is 10.9. The molecule has 29 heavy (non-hydrogen) atoms.